The van der Waals surface area contributed by atoms with E-state index in [-0.39, 0.29) is 5.91 Å². The molecule has 0 spiro atoms. The van der Waals surface area contributed by atoms with Crippen LogP contribution >= 0.6 is 0 Å². The Morgan fingerprint density at radius 3 is 2.81 bits per heavy atom. The van der Waals surface area contributed by atoms with E-state index in [0.717, 1.165) is 29.8 Å². The Labute approximate surface area is 95.8 Å². The van der Waals surface area contributed by atoms with Crippen molar-refractivity contribution < 1.29 is 9.53 Å². The van der Waals surface area contributed by atoms with E-state index < -0.39 is 0 Å². The Morgan fingerprint density at radius 1 is 1.50 bits per heavy atom. The van der Waals surface area contributed by atoms with Crippen LogP contribution in [0.1, 0.15) is 18.9 Å². The van der Waals surface area contributed by atoms with Gasteiger partial charge in [0.1, 0.15) is 5.75 Å². The van der Waals surface area contributed by atoms with Gasteiger partial charge in [-0.2, -0.15) is 0 Å². The Morgan fingerprint density at radius 2 is 2.25 bits per heavy atom. The van der Waals surface area contributed by atoms with Gasteiger partial charge in [0.25, 0.3) is 0 Å². The molecule has 0 atom stereocenters. The zero-order valence-corrected chi connectivity index (χ0v) is 9.75. The number of carbonyl (C=O) groups is 1. The lowest BCUT2D eigenvalue weighted by Crippen LogP contribution is -2.09. The molecule has 0 aliphatic rings. The number of aryl methyl sites for hydroxylation is 1. The number of rotatable bonds is 5. The van der Waals surface area contributed by atoms with Gasteiger partial charge in [-0.1, -0.05) is 0 Å². The molecule has 0 bridgehead atoms. The smallest absolute Gasteiger partial charge is 0.221 e. The van der Waals surface area contributed by atoms with Gasteiger partial charge in [0, 0.05) is 12.6 Å². The minimum atomic E-state index is -0.0702. The molecule has 0 radical (unpaired) electrons. The molecule has 0 aromatic heterocycles. The number of hydrogen-bond donors (Lipinski definition) is 2. The van der Waals surface area contributed by atoms with E-state index in [4.69, 9.17) is 10.5 Å². The normalized spacial score (nSPS) is 9.94. The number of hydrogen-bond acceptors (Lipinski definition) is 3. The van der Waals surface area contributed by atoms with Crippen molar-refractivity contribution >= 4 is 11.6 Å². The van der Waals surface area contributed by atoms with Crippen LogP contribution in [-0.2, 0) is 11.2 Å². The van der Waals surface area contributed by atoms with Crippen LogP contribution in [0.3, 0.4) is 0 Å². The third-order valence-electron chi connectivity index (χ3n) is 2.27. The molecule has 1 rings (SSSR count). The van der Waals surface area contributed by atoms with Crippen molar-refractivity contribution in [2.45, 2.75) is 19.8 Å². The average Bonchev–Trinajstić information content (AvgIpc) is 2.27. The minimum Gasteiger partial charge on any atom is -0.497 e. The largest absolute Gasteiger partial charge is 0.497 e. The summed E-state index contributed by atoms with van der Waals surface area (Å²) < 4.78 is 5.15. The Kier molecular flexibility index (Phi) is 4.79. The Bertz CT molecular complexity index is 364. The molecule has 4 heteroatoms. The molecule has 1 aromatic carbocycles. The van der Waals surface area contributed by atoms with Crippen LogP contribution in [0.15, 0.2) is 18.2 Å². The number of benzene rings is 1. The second-order valence-electron chi connectivity index (χ2n) is 3.60. The van der Waals surface area contributed by atoms with Crippen LogP contribution in [0, 0.1) is 0 Å². The zero-order chi connectivity index (χ0) is 12.0. The summed E-state index contributed by atoms with van der Waals surface area (Å²) in [7, 11) is 1.63. The molecule has 1 amide bonds. The van der Waals surface area contributed by atoms with E-state index in [9.17, 15) is 4.79 Å². The lowest BCUT2D eigenvalue weighted by molar-refractivity contribution is -0.114. The van der Waals surface area contributed by atoms with Crippen LogP contribution in [0.25, 0.3) is 0 Å². The molecule has 0 saturated carbocycles. The fourth-order valence-corrected chi connectivity index (χ4v) is 1.51. The first-order valence-electron chi connectivity index (χ1n) is 5.32. The highest BCUT2D eigenvalue weighted by Crippen LogP contribution is 2.23. The molecule has 0 saturated heterocycles. The summed E-state index contributed by atoms with van der Waals surface area (Å²) in [6.07, 6.45) is 1.73. The number of nitrogens with two attached hydrogens (primary N) is 1. The van der Waals surface area contributed by atoms with Gasteiger partial charge in [-0.15, -0.1) is 0 Å². The number of ether oxygens (including phenoxy) is 1. The number of nitrogens with one attached hydrogen (secondary N) is 1. The second-order valence-corrected chi connectivity index (χ2v) is 3.60. The summed E-state index contributed by atoms with van der Waals surface area (Å²) in [6, 6.07) is 5.62. The first kappa shape index (κ1) is 12.5. The second kappa shape index (κ2) is 6.12. The maximum absolute atomic E-state index is 11.0. The summed E-state index contributed by atoms with van der Waals surface area (Å²) in [5.74, 6) is 0.722. The van der Waals surface area contributed by atoms with Crippen LogP contribution in [-0.4, -0.2) is 19.6 Å². The van der Waals surface area contributed by atoms with Crippen molar-refractivity contribution in [2.24, 2.45) is 5.73 Å². The van der Waals surface area contributed by atoms with Crippen LogP contribution in [0.4, 0.5) is 5.69 Å². The molecule has 0 heterocycles. The first-order valence-corrected chi connectivity index (χ1v) is 5.32. The van der Waals surface area contributed by atoms with Crippen LogP contribution < -0.4 is 15.8 Å². The zero-order valence-electron chi connectivity index (χ0n) is 9.75. The number of amides is 1. The highest BCUT2D eigenvalue weighted by molar-refractivity contribution is 5.89. The van der Waals surface area contributed by atoms with E-state index in [1.165, 1.54) is 6.92 Å². The van der Waals surface area contributed by atoms with Gasteiger partial charge in [0.15, 0.2) is 0 Å². The molecule has 0 unspecified atom stereocenters. The SMILES string of the molecule is COc1ccc(NC(C)=O)c(CCCN)c1. The van der Waals surface area contributed by atoms with Crippen molar-refractivity contribution in [3.05, 3.63) is 23.8 Å². The summed E-state index contributed by atoms with van der Waals surface area (Å²) in [4.78, 5) is 11.0. The predicted molar refractivity (Wildman–Crippen MR) is 64.7 cm³/mol. The van der Waals surface area contributed by atoms with Gasteiger partial charge in [-0.05, 0) is 43.1 Å². The summed E-state index contributed by atoms with van der Waals surface area (Å²) in [5.41, 5.74) is 7.37. The molecule has 0 aliphatic carbocycles. The van der Waals surface area contributed by atoms with E-state index in [2.05, 4.69) is 5.32 Å². The summed E-state index contributed by atoms with van der Waals surface area (Å²) in [5, 5.41) is 2.80. The fraction of sp³-hybridized carbons (Fsp3) is 0.417. The monoisotopic (exact) mass is 222 g/mol. The van der Waals surface area contributed by atoms with Gasteiger partial charge in [0.2, 0.25) is 5.91 Å². The number of methoxy groups -OCH3 is 1. The Balaban J connectivity index is 2.91. The highest BCUT2D eigenvalue weighted by atomic mass is 16.5. The minimum absolute atomic E-state index is 0.0702. The standard InChI is InChI=1S/C12H18N2O2/c1-9(15)14-12-6-5-11(16-2)8-10(12)4-3-7-13/h5-6,8H,3-4,7,13H2,1-2H3,(H,14,15). The van der Waals surface area contributed by atoms with Crippen molar-refractivity contribution in [1.82, 2.24) is 0 Å². The summed E-state index contributed by atoms with van der Waals surface area (Å²) >= 11 is 0. The maximum atomic E-state index is 11.0. The molecular weight excluding hydrogens is 204 g/mol. The number of carbonyl (C=O) groups excluding carboxylic acids is 1. The molecule has 0 aliphatic heterocycles. The lowest BCUT2D eigenvalue weighted by Gasteiger charge is -2.11. The van der Waals surface area contributed by atoms with Crippen molar-refractivity contribution in [3.8, 4) is 5.75 Å². The van der Waals surface area contributed by atoms with Crippen LogP contribution in [0.5, 0.6) is 5.75 Å². The lowest BCUT2D eigenvalue weighted by atomic mass is 10.1. The van der Waals surface area contributed by atoms with Gasteiger partial charge in [-0.3, -0.25) is 4.79 Å². The van der Waals surface area contributed by atoms with Crippen LogP contribution in [0.2, 0.25) is 0 Å². The molecule has 0 fully saturated rings. The third-order valence-corrected chi connectivity index (χ3v) is 2.27. The van der Waals surface area contributed by atoms with Crippen molar-refractivity contribution in [2.75, 3.05) is 19.0 Å². The van der Waals surface area contributed by atoms with E-state index in [1.807, 2.05) is 18.2 Å². The molecule has 88 valence electrons. The fourth-order valence-electron chi connectivity index (χ4n) is 1.51. The van der Waals surface area contributed by atoms with E-state index >= 15 is 0 Å². The molecule has 3 N–H and O–H groups in total. The topological polar surface area (TPSA) is 64.3 Å². The number of anilines is 1. The highest BCUT2D eigenvalue weighted by Gasteiger charge is 2.05. The maximum Gasteiger partial charge on any atom is 0.221 e. The molecule has 1 aromatic rings. The average molecular weight is 222 g/mol. The van der Waals surface area contributed by atoms with E-state index in [1.54, 1.807) is 7.11 Å². The van der Waals surface area contributed by atoms with E-state index in [0.29, 0.717) is 6.54 Å². The predicted octanol–water partition coefficient (Wildman–Crippen LogP) is 1.54. The molecule has 16 heavy (non-hydrogen) atoms. The van der Waals surface area contributed by atoms with Gasteiger partial charge >= 0.3 is 0 Å². The van der Waals surface area contributed by atoms with Crippen molar-refractivity contribution in [1.29, 1.82) is 0 Å². The summed E-state index contributed by atoms with van der Waals surface area (Å²) in [6.45, 7) is 2.13. The van der Waals surface area contributed by atoms with Crippen molar-refractivity contribution in [3.63, 3.8) is 0 Å². The third kappa shape index (κ3) is 3.55. The van der Waals surface area contributed by atoms with Gasteiger partial charge in [0.05, 0.1) is 7.11 Å². The van der Waals surface area contributed by atoms with Gasteiger partial charge in [-0.25, -0.2) is 0 Å². The first-order chi connectivity index (χ1) is 7.67. The Hall–Kier alpha value is -1.55. The molecular formula is C12H18N2O2. The molecule has 4 nitrogen and oxygen atoms in total. The van der Waals surface area contributed by atoms with Gasteiger partial charge < -0.3 is 15.8 Å². The quantitative estimate of drug-likeness (QED) is 0.794.